The second kappa shape index (κ2) is 6.00. The van der Waals surface area contributed by atoms with Crippen LogP contribution < -0.4 is 5.32 Å². The van der Waals surface area contributed by atoms with Gasteiger partial charge in [-0.2, -0.15) is 0 Å². The summed E-state index contributed by atoms with van der Waals surface area (Å²) in [6.45, 7) is 1.43. The maximum atomic E-state index is 13.7. The van der Waals surface area contributed by atoms with Crippen LogP contribution in [-0.2, 0) is 9.53 Å². The third-order valence-electron chi connectivity index (χ3n) is 2.79. The number of halogens is 1. The molecular weight excluding hydrogens is 301 g/mol. The highest BCUT2D eigenvalue weighted by Gasteiger charge is 2.25. The standard InChI is InChI=1S/C12H12FN3O4S/c1-6(11(17)19-2)16(21)12(18)14-10-9-7(13)4-3-5-8(9)20-15-10/h3-6,21H,1-2H3,(H,14,15,18). The molecule has 0 bridgehead atoms. The van der Waals surface area contributed by atoms with Gasteiger partial charge in [0.05, 0.1) is 7.11 Å². The van der Waals surface area contributed by atoms with Crippen LogP contribution in [0.25, 0.3) is 11.0 Å². The molecule has 0 aliphatic rings. The first kappa shape index (κ1) is 15.1. The van der Waals surface area contributed by atoms with Crippen LogP contribution in [0.15, 0.2) is 22.7 Å². The molecule has 21 heavy (non-hydrogen) atoms. The number of nitrogens with zero attached hydrogens (tertiary/aromatic N) is 2. The molecule has 1 N–H and O–H groups in total. The van der Waals surface area contributed by atoms with E-state index >= 15 is 0 Å². The number of thiol groups is 1. The second-order valence-electron chi connectivity index (χ2n) is 4.12. The SMILES string of the molecule is COC(=O)C(C)N(S)C(=O)Nc1noc2cccc(F)c12. The highest BCUT2D eigenvalue weighted by molar-refractivity contribution is 7.78. The van der Waals surface area contributed by atoms with E-state index in [9.17, 15) is 14.0 Å². The molecule has 7 nitrogen and oxygen atoms in total. The molecule has 0 radical (unpaired) electrons. The molecule has 1 aromatic carbocycles. The molecule has 0 spiro atoms. The molecule has 1 heterocycles. The van der Waals surface area contributed by atoms with Gasteiger partial charge >= 0.3 is 12.0 Å². The lowest BCUT2D eigenvalue weighted by molar-refractivity contribution is -0.143. The fourth-order valence-electron chi connectivity index (χ4n) is 1.64. The average molecular weight is 313 g/mol. The molecule has 112 valence electrons. The Morgan fingerprint density at radius 2 is 2.24 bits per heavy atom. The number of hydrogen-bond acceptors (Lipinski definition) is 6. The van der Waals surface area contributed by atoms with Gasteiger partial charge in [0.2, 0.25) is 0 Å². The summed E-state index contributed by atoms with van der Waals surface area (Å²) in [6.07, 6.45) is 0. The number of carbonyl (C=O) groups excluding carboxylic acids is 2. The Balaban J connectivity index is 2.20. The quantitative estimate of drug-likeness (QED) is 0.670. The highest BCUT2D eigenvalue weighted by Crippen LogP contribution is 2.25. The van der Waals surface area contributed by atoms with Gasteiger partial charge < -0.3 is 9.26 Å². The lowest BCUT2D eigenvalue weighted by atomic mass is 10.2. The third-order valence-corrected chi connectivity index (χ3v) is 3.32. The van der Waals surface area contributed by atoms with Crippen LogP contribution in [0.2, 0.25) is 0 Å². The van der Waals surface area contributed by atoms with Gasteiger partial charge in [-0.15, -0.1) is 0 Å². The minimum absolute atomic E-state index is 0.0401. The minimum atomic E-state index is -0.929. The number of aromatic nitrogens is 1. The smallest absolute Gasteiger partial charge is 0.333 e. The number of hydrogen-bond donors (Lipinski definition) is 2. The molecule has 2 rings (SSSR count). The Hall–Kier alpha value is -2.29. The molecule has 1 aromatic heterocycles. The number of carbonyl (C=O) groups is 2. The topological polar surface area (TPSA) is 84.7 Å². The third kappa shape index (κ3) is 2.92. The Bertz CT molecular complexity index is 690. The number of rotatable bonds is 3. The normalized spacial score (nSPS) is 12.0. The number of benzene rings is 1. The summed E-state index contributed by atoms with van der Waals surface area (Å²) < 4.78 is 23.9. The number of methoxy groups -OCH3 is 1. The van der Waals surface area contributed by atoms with Crippen molar-refractivity contribution in [2.75, 3.05) is 12.4 Å². The zero-order valence-corrected chi connectivity index (χ0v) is 12.1. The monoisotopic (exact) mass is 313 g/mol. The predicted octanol–water partition coefficient (Wildman–Crippen LogP) is 2.21. The lowest BCUT2D eigenvalue weighted by Gasteiger charge is -2.20. The summed E-state index contributed by atoms with van der Waals surface area (Å²) in [7, 11) is 1.19. The van der Waals surface area contributed by atoms with Crippen LogP contribution in [0.1, 0.15) is 6.92 Å². The van der Waals surface area contributed by atoms with Crippen LogP contribution in [0, 0.1) is 5.82 Å². The van der Waals surface area contributed by atoms with Crippen molar-refractivity contribution >= 4 is 41.6 Å². The predicted molar refractivity (Wildman–Crippen MR) is 75.3 cm³/mol. The first-order valence-electron chi connectivity index (χ1n) is 5.86. The van der Waals surface area contributed by atoms with Crippen LogP contribution >= 0.6 is 12.8 Å². The number of amides is 2. The van der Waals surface area contributed by atoms with Gasteiger partial charge in [-0.1, -0.05) is 24.0 Å². The van der Waals surface area contributed by atoms with Gasteiger partial charge in [0.15, 0.2) is 11.4 Å². The number of esters is 1. The van der Waals surface area contributed by atoms with E-state index in [1.165, 1.54) is 32.2 Å². The molecule has 0 saturated carbocycles. The Morgan fingerprint density at radius 1 is 1.52 bits per heavy atom. The van der Waals surface area contributed by atoms with E-state index in [0.29, 0.717) is 0 Å². The van der Waals surface area contributed by atoms with Gasteiger partial charge in [0.1, 0.15) is 17.2 Å². The summed E-state index contributed by atoms with van der Waals surface area (Å²) in [4.78, 5) is 23.3. The maximum Gasteiger partial charge on any atom is 0.333 e. The van der Waals surface area contributed by atoms with Crippen LogP contribution in [0.5, 0.6) is 0 Å². The van der Waals surface area contributed by atoms with Gasteiger partial charge in [-0.05, 0) is 19.1 Å². The first-order chi connectivity index (χ1) is 9.95. The van der Waals surface area contributed by atoms with Crippen molar-refractivity contribution in [3.63, 3.8) is 0 Å². The van der Waals surface area contributed by atoms with Crippen LogP contribution in [-0.4, -0.2) is 34.6 Å². The van der Waals surface area contributed by atoms with Crippen molar-refractivity contribution in [3.8, 4) is 0 Å². The van der Waals surface area contributed by atoms with Gasteiger partial charge in [-0.3, -0.25) is 9.62 Å². The summed E-state index contributed by atoms with van der Waals surface area (Å²) in [5, 5.41) is 5.94. The molecule has 0 fully saturated rings. The number of nitrogens with one attached hydrogen (secondary N) is 1. The van der Waals surface area contributed by atoms with E-state index in [1.807, 2.05) is 0 Å². The van der Waals surface area contributed by atoms with E-state index in [2.05, 4.69) is 28.0 Å². The van der Waals surface area contributed by atoms with Crippen LogP contribution in [0.3, 0.4) is 0 Å². The van der Waals surface area contributed by atoms with Crippen molar-refractivity contribution < 1.29 is 23.2 Å². The molecule has 9 heteroatoms. The minimum Gasteiger partial charge on any atom is -0.467 e. The molecule has 0 saturated heterocycles. The Labute approximate surface area is 124 Å². The van der Waals surface area contributed by atoms with E-state index in [1.54, 1.807) is 0 Å². The number of ether oxygens (including phenoxy) is 1. The molecule has 0 aliphatic heterocycles. The number of fused-ring (bicyclic) bond motifs is 1. The van der Waals surface area contributed by atoms with Gasteiger partial charge in [0, 0.05) is 0 Å². The van der Waals surface area contributed by atoms with E-state index in [0.717, 1.165) is 4.31 Å². The zero-order chi connectivity index (χ0) is 15.6. The summed E-state index contributed by atoms with van der Waals surface area (Å²) >= 11 is 3.91. The van der Waals surface area contributed by atoms with Crippen LogP contribution in [0.4, 0.5) is 15.0 Å². The fraction of sp³-hybridized carbons (Fsp3) is 0.250. The van der Waals surface area contributed by atoms with Crippen molar-refractivity contribution in [1.29, 1.82) is 0 Å². The van der Waals surface area contributed by atoms with E-state index in [4.69, 9.17) is 4.52 Å². The summed E-state index contributed by atoms with van der Waals surface area (Å²) in [5.41, 5.74) is 0.192. The van der Waals surface area contributed by atoms with Crippen molar-refractivity contribution in [2.45, 2.75) is 13.0 Å². The van der Waals surface area contributed by atoms with Crippen molar-refractivity contribution in [2.24, 2.45) is 0 Å². The van der Waals surface area contributed by atoms with Crippen molar-refractivity contribution in [1.82, 2.24) is 9.46 Å². The first-order valence-corrected chi connectivity index (χ1v) is 6.26. The lowest BCUT2D eigenvalue weighted by Crippen LogP contribution is -2.39. The fourth-order valence-corrected chi connectivity index (χ4v) is 1.79. The molecule has 2 amide bonds. The zero-order valence-electron chi connectivity index (χ0n) is 11.2. The summed E-state index contributed by atoms with van der Waals surface area (Å²) in [6, 6.07) is 2.48. The Kier molecular flexibility index (Phi) is 4.32. The average Bonchev–Trinajstić information content (AvgIpc) is 2.89. The van der Waals surface area contributed by atoms with E-state index < -0.39 is 23.9 Å². The van der Waals surface area contributed by atoms with Crippen molar-refractivity contribution in [3.05, 3.63) is 24.0 Å². The largest absolute Gasteiger partial charge is 0.467 e. The van der Waals surface area contributed by atoms with E-state index in [-0.39, 0.29) is 16.8 Å². The number of anilines is 1. The molecule has 1 unspecified atom stereocenters. The second-order valence-corrected chi connectivity index (χ2v) is 4.55. The maximum absolute atomic E-state index is 13.7. The van der Waals surface area contributed by atoms with Gasteiger partial charge in [-0.25, -0.2) is 14.0 Å². The highest BCUT2D eigenvalue weighted by atomic mass is 32.1. The Morgan fingerprint density at radius 3 is 2.90 bits per heavy atom. The molecular formula is C12H12FN3O4S. The number of urea groups is 1. The molecule has 1 atom stereocenters. The molecule has 2 aromatic rings. The summed E-state index contributed by atoms with van der Waals surface area (Å²) in [5.74, 6) is -1.32. The molecule has 0 aliphatic carbocycles. The van der Waals surface area contributed by atoms with Gasteiger partial charge in [0.25, 0.3) is 0 Å².